The quantitative estimate of drug-likeness (QED) is 0.527. The van der Waals surface area contributed by atoms with Gasteiger partial charge in [-0.1, -0.05) is 11.6 Å². The van der Waals surface area contributed by atoms with Crippen molar-refractivity contribution in [2.75, 3.05) is 0 Å². The van der Waals surface area contributed by atoms with Crippen LogP contribution in [0.2, 0.25) is 0 Å². The van der Waals surface area contributed by atoms with Gasteiger partial charge < -0.3 is 11.5 Å². The molecule has 0 saturated carbocycles. The van der Waals surface area contributed by atoms with Crippen molar-refractivity contribution in [2.24, 2.45) is 11.5 Å². The van der Waals surface area contributed by atoms with Crippen LogP contribution in [-0.4, -0.2) is 17.0 Å². The number of amides is 1. The van der Waals surface area contributed by atoms with Gasteiger partial charge in [-0.25, -0.2) is 0 Å². The van der Waals surface area contributed by atoms with Crippen molar-refractivity contribution in [1.82, 2.24) is 4.90 Å². The van der Waals surface area contributed by atoms with Crippen molar-refractivity contribution < 1.29 is 4.79 Å². The first-order valence-corrected chi connectivity index (χ1v) is 3.80. The van der Waals surface area contributed by atoms with E-state index in [0.717, 1.165) is 0 Å². The minimum absolute atomic E-state index is 0.201. The Labute approximate surface area is 75.4 Å². The van der Waals surface area contributed by atoms with Gasteiger partial charge in [-0.05, 0) is 12.2 Å². The van der Waals surface area contributed by atoms with E-state index >= 15 is 0 Å². The monoisotopic (exact) mass is 187 g/mol. The molecule has 0 aromatic rings. The van der Waals surface area contributed by atoms with Crippen molar-refractivity contribution >= 4 is 17.5 Å². The van der Waals surface area contributed by atoms with Crippen LogP contribution < -0.4 is 11.5 Å². The van der Waals surface area contributed by atoms with Gasteiger partial charge in [0.05, 0.1) is 0 Å². The molecule has 66 valence electrons. The highest BCUT2D eigenvalue weighted by molar-refractivity contribution is 6.30. The second kappa shape index (κ2) is 3.16. The fraction of sp³-hybridized carbons (Fsp3) is 0.286. The van der Waals surface area contributed by atoms with Gasteiger partial charge in [-0.3, -0.25) is 9.69 Å². The van der Waals surface area contributed by atoms with Crippen molar-refractivity contribution in [3.05, 3.63) is 23.0 Å². The number of nitrogens with two attached hydrogens (primary N) is 2. The maximum Gasteiger partial charge on any atom is 0.226 e. The van der Waals surface area contributed by atoms with E-state index in [9.17, 15) is 4.79 Å². The minimum atomic E-state index is -0.556. The number of allylic oxidation sites excluding steroid dienone is 1. The maximum absolute atomic E-state index is 11.0. The van der Waals surface area contributed by atoms with Crippen molar-refractivity contribution in [3.8, 4) is 0 Å². The number of carbonyl (C=O) groups excluding carboxylic acids is 1. The van der Waals surface area contributed by atoms with E-state index in [1.165, 1.54) is 17.9 Å². The third-order valence-corrected chi connectivity index (χ3v) is 1.81. The molecular formula is C7H10ClN3O. The number of nitrogens with zero attached hydrogens (tertiary/aromatic N) is 1. The molecule has 1 aliphatic rings. The Morgan fingerprint density at radius 2 is 2.33 bits per heavy atom. The summed E-state index contributed by atoms with van der Waals surface area (Å²) in [7, 11) is 0. The third-order valence-electron chi connectivity index (χ3n) is 1.52. The maximum atomic E-state index is 11.0. The number of rotatable bonds is 0. The Hall–Kier alpha value is -1.00. The molecule has 0 saturated heterocycles. The van der Waals surface area contributed by atoms with Crippen LogP contribution in [0.4, 0.5) is 0 Å². The molecule has 12 heavy (non-hydrogen) atoms. The molecule has 4 nitrogen and oxygen atoms in total. The molecule has 4 N–H and O–H groups in total. The van der Waals surface area contributed by atoms with Crippen LogP contribution in [0, 0.1) is 0 Å². The molecule has 0 aromatic heterocycles. The van der Waals surface area contributed by atoms with Crippen molar-refractivity contribution in [2.45, 2.75) is 13.1 Å². The first-order chi connectivity index (χ1) is 5.52. The molecule has 1 heterocycles. The fourth-order valence-corrected chi connectivity index (χ4v) is 1.39. The first kappa shape index (κ1) is 9.09. The summed E-state index contributed by atoms with van der Waals surface area (Å²) in [6, 6.07) is 0. The first-order valence-electron chi connectivity index (χ1n) is 3.42. The summed E-state index contributed by atoms with van der Waals surface area (Å²) in [5.74, 6) is -0.201. The average Bonchev–Trinajstić information content (AvgIpc) is 1.82. The highest BCUT2D eigenvalue weighted by Crippen LogP contribution is 2.18. The lowest BCUT2D eigenvalue weighted by molar-refractivity contribution is -0.127. The van der Waals surface area contributed by atoms with Crippen LogP contribution in [0.1, 0.15) is 6.92 Å². The van der Waals surface area contributed by atoms with Crippen LogP contribution in [-0.2, 0) is 4.79 Å². The highest BCUT2D eigenvalue weighted by Gasteiger charge is 2.21. The number of halogens is 1. The molecule has 1 unspecified atom stereocenters. The SMILES string of the molecule is CC(=O)N1C(Cl)=CC(N)=CC1N. The molecule has 0 aromatic carbocycles. The Morgan fingerprint density at radius 3 is 2.75 bits per heavy atom. The third kappa shape index (κ3) is 1.60. The van der Waals surface area contributed by atoms with E-state index in [4.69, 9.17) is 23.1 Å². The van der Waals surface area contributed by atoms with E-state index in [-0.39, 0.29) is 11.1 Å². The predicted molar refractivity (Wildman–Crippen MR) is 46.7 cm³/mol. The van der Waals surface area contributed by atoms with Gasteiger partial charge in [0.25, 0.3) is 0 Å². The largest absolute Gasteiger partial charge is 0.399 e. The van der Waals surface area contributed by atoms with Crippen LogP contribution in [0.15, 0.2) is 23.0 Å². The zero-order chi connectivity index (χ0) is 9.30. The van der Waals surface area contributed by atoms with Crippen molar-refractivity contribution in [3.63, 3.8) is 0 Å². The molecule has 0 aliphatic carbocycles. The summed E-state index contributed by atoms with van der Waals surface area (Å²) >= 11 is 5.73. The molecular weight excluding hydrogens is 178 g/mol. The van der Waals surface area contributed by atoms with E-state index < -0.39 is 6.17 Å². The second-order valence-corrected chi connectivity index (χ2v) is 2.90. The molecule has 0 bridgehead atoms. The van der Waals surface area contributed by atoms with Crippen LogP contribution in [0.5, 0.6) is 0 Å². The van der Waals surface area contributed by atoms with Crippen molar-refractivity contribution in [1.29, 1.82) is 0 Å². The Balaban J connectivity index is 2.94. The number of carbonyl (C=O) groups is 1. The van der Waals surface area contributed by atoms with E-state index in [2.05, 4.69) is 0 Å². The lowest BCUT2D eigenvalue weighted by Crippen LogP contribution is -2.43. The van der Waals surface area contributed by atoms with Gasteiger partial charge in [0.15, 0.2) is 0 Å². The summed E-state index contributed by atoms with van der Waals surface area (Å²) in [6.45, 7) is 1.39. The van der Waals surface area contributed by atoms with Gasteiger partial charge in [0.2, 0.25) is 5.91 Å². The topological polar surface area (TPSA) is 72.3 Å². The summed E-state index contributed by atoms with van der Waals surface area (Å²) in [6.07, 6.45) is 2.50. The average molecular weight is 188 g/mol. The Morgan fingerprint density at radius 1 is 1.75 bits per heavy atom. The van der Waals surface area contributed by atoms with Crippen LogP contribution in [0.25, 0.3) is 0 Å². The Kier molecular flexibility index (Phi) is 2.40. The summed E-state index contributed by atoms with van der Waals surface area (Å²) < 4.78 is 0. The van der Waals surface area contributed by atoms with E-state index in [0.29, 0.717) is 5.70 Å². The number of hydrogen-bond acceptors (Lipinski definition) is 3. The molecule has 1 aliphatic heterocycles. The highest BCUT2D eigenvalue weighted by atomic mass is 35.5. The molecule has 1 amide bonds. The molecule has 0 fully saturated rings. The molecule has 0 spiro atoms. The van der Waals surface area contributed by atoms with Crippen LogP contribution >= 0.6 is 11.6 Å². The molecule has 1 atom stereocenters. The van der Waals surface area contributed by atoms with E-state index in [1.54, 1.807) is 6.08 Å². The van der Waals surface area contributed by atoms with Gasteiger partial charge in [0, 0.05) is 12.6 Å². The van der Waals surface area contributed by atoms with E-state index in [1.807, 2.05) is 0 Å². The molecule has 0 radical (unpaired) electrons. The normalized spacial score (nSPS) is 23.2. The molecule has 1 rings (SSSR count). The minimum Gasteiger partial charge on any atom is -0.399 e. The fourth-order valence-electron chi connectivity index (χ4n) is 1.03. The van der Waals surface area contributed by atoms with Gasteiger partial charge in [0.1, 0.15) is 11.3 Å². The Bertz CT molecular complexity index is 272. The summed E-state index contributed by atoms with van der Waals surface area (Å²) in [5.41, 5.74) is 11.5. The van der Waals surface area contributed by atoms with Gasteiger partial charge in [-0.2, -0.15) is 0 Å². The van der Waals surface area contributed by atoms with Gasteiger partial charge >= 0.3 is 0 Å². The second-order valence-electron chi connectivity index (χ2n) is 2.51. The summed E-state index contributed by atoms with van der Waals surface area (Å²) in [4.78, 5) is 12.2. The lowest BCUT2D eigenvalue weighted by atomic mass is 10.2. The predicted octanol–water partition coefficient (Wildman–Crippen LogP) is 0.0561. The smallest absolute Gasteiger partial charge is 0.226 e. The van der Waals surface area contributed by atoms with Crippen LogP contribution in [0.3, 0.4) is 0 Å². The zero-order valence-electron chi connectivity index (χ0n) is 6.62. The molecule has 5 heteroatoms. The van der Waals surface area contributed by atoms with Gasteiger partial charge in [-0.15, -0.1) is 0 Å². The zero-order valence-corrected chi connectivity index (χ0v) is 7.38. The standard InChI is InChI=1S/C7H10ClN3O/c1-4(12)11-6(8)2-5(9)3-7(11)10/h2-3,7H,9-10H2,1H3. The number of hydrogen-bond donors (Lipinski definition) is 2. The lowest BCUT2D eigenvalue weighted by Gasteiger charge is -2.27. The summed E-state index contributed by atoms with van der Waals surface area (Å²) in [5, 5.41) is 0.259.